The summed E-state index contributed by atoms with van der Waals surface area (Å²) in [6.07, 6.45) is -2.00. The quantitative estimate of drug-likeness (QED) is 0.749. The van der Waals surface area contributed by atoms with E-state index in [1.165, 1.54) is 6.07 Å². The highest BCUT2D eigenvalue weighted by molar-refractivity contribution is 5.85. The molecule has 0 aliphatic carbocycles. The number of esters is 1. The molecule has 3 N–H and O–H groups in total. The Morgan fingerprint density at radius 3 is 2.41 bits per heavy atom. The number of hydrogen-bond donors (Lipinski definition) is 2. The van der Waals surface area contributed by atoms with E-state index in [9.17, 15) is 14.3 Å². The van der Waals surface area contributed by atoms with Gasteiger partial charge in [-0.1, -0.05) is 6.07 Å². The first-order chi connectivity index (χ1) is 9.96. The van der Waals surface area contributed by atoms with E-state index in [0.717, 1.165) is 18.8 Å². The van der Waals surface area contributed by atoms with Crippen LogP contribution in [0.5, 0.6) is 5.75 Å². The van der Waals surface area contributed by atoms with Crippen LogP contribution in [-0.4, -0.2) is 36.9 Å². The van der Waals surface area contributed by atoms with E-state index in [1.54, 1.807) is 19.1 Å². The minimum atomic E-state index is -2.00. The number of anilines is 1. The van der Waals surface area contributed by atoms with Crippen LogP contribution >= 0.6 is 12.4 Å². The molecule has 0 aliphatic rings. The number of ether oxygens (including phenoxy) is 1. The minimum Gasteiger partial charge on any atom is -0.508 e. The largest absolute Gasteiger partial charge is 0.508 e. The van der Waals surface area contributed by atoms with Gasteiger partial charge in [0.15, 0.2) is 0 Å². The molecule has 0 amide bonds. The Morgan fingerprint density at radius 1 is 1.36 bits per heavy atom. The summed E-state index contributed by atoms with van der Waals surface area (Å²) in [5.74, 6) is -1.14. The van der Waals surface area contributed by atoms with Gasteiger partial charge in [0.25, 0.3) is 0 Å². The van der Waals surface area contributed by atoms with Crippen LogP contribution in [0.1, 0.15) is 32.4 Å². The molecular formula is C15H24ClFN2O3. The van der Waals surface area contributed by atoms with Gasteiger partial charge in [0.05, 0.1) is 12.6 Å². The standard InChI is InChI=1S/C15H23FN2O3.ClH/c1-4-18(5-2)10-7-8-11(12(19)9-10)14(17)13(16)15(20)21-6-3;/h7-9,13-14,19H,4-6,17H2,1-3H3;1H/t13?,14-;/m0./s1. The van der Waals surface area contributed by atoms with Crippen molar-refractivity contribution in [3.05, 3.63) is 23.8 Å². The summed E-state index contributed by atoms with van der Waals surface area (Å²) < 4.78 is 18.5. The van der Waals surface area contributed by atoms with Gasteiger partial charge in [-0.2, -0.15) is 0 Å². The molecular weight excluding hydrogens is 311 g/mol. The first kappa shape index (κ1) is 20.5. The Hall–Kier alpha value is -1.53. The van der Waals surface area contributed by atoms with Crippen molar-refractivity contribution in [1.82, 2.24) is 0 Å². The minimum absolute atomic E-state index is 0. The SMILES string of the molecule is CCOC(=O)C(F)[C@@H](N)c1ccc(N(CC)CC)cc1O.Cl. The molecule has 22 heavy (non-hydrogen) atoms. The van der Waals surface area contributed by atoms with Gasteiger partial charge in [0, 0.05) is 30.4 Å². The molecule has 0 bridgehead atoms. The molecule has 1 aromatic rings. The number of rotatable bonds is 7. The maximum atomic E-state index is 13.9. The van der Waals surface area contributed by atoms with Crippen molar-refractivity contribution in [1.29, 1.82) is 0 Å². The number of halogens is 2. The molecule has 0 aliphatic heterocycles. The average Bonchev–Trinajstić information content (AvgIpc) is 2.47. The third-order valence-corrected chi connectivity index (χ3v) is 3.33. The van der Waals surface area contributed by atoms with Gasteiger partial charge in [-0.3, -0.25) is 0 Å². The summed E-state index contributed by atoms with van der Waals surface area (Å²) in [6.45, 7) is 7.24. The number of nitrogens with zero attached hydrogens (tertiary/aromatic N) is 1. The smallest absolute Gasteiger partial charge is 0.342 e. The Labute approximate surface area is 136 Å². The molecule has 0 heterocycles. The van der Waals surface area contributed by atoms with E-state index >= 15 is 0 Å². The van der Waals surface area contributed by atoms with Crippen LogP contribution in [0, 0.1) is 0 Å². The van der Waals surface area contributed by atoms with Gasteiger partial charge in [-0.25, -0.2) is 9.18 Å². The van der Waals surface area contributed by atoms with Gasteiger partial charge >= 0.3 is 5.97 Å². The van der Waals surface area contributed by atoms with E-state index < -0.39 is 18.2 Å². The van der Waals surface area contributed by atoms with E-state index in [4.69, 9.17) is 5.73 Å². The van der Waals surface area contributed by atoms with Gasteiger partial charge < -0.3 is 20.5 Å². The number of alkyl halides is 1. The first-order valence-electron chi connectivity index (χ1n) is 7.10. The van der Waals surface area contributed by atoms with Crippen molar-refractivity contribution in [2.24, 2.45) is 5.73 Å². The second-order valence-electron chi connectivity index (χ2n) is 4.60. The predicted octanol–water partition coefficient (Wildman–Crippen LogP) is 2.56. The molecule has 0 fully saturated rings. The van der Waals surface area contributed by atoms with Crippen LogP contribution in [0.4, 0.5) is 10.1 Å². The number of aromatic hydroxyl groups is 1. The molecule has 1 aromatic carbocycles. The van der Waals surface area contributed by atoms with Crippen molar-refractivity contribution in [2.75, 3.05) is 24.6 Å². The highest BCUT2D eigenvalue weighted by Crippen LogP contribution is 2.30. The zero-order valence-electron chi connectivity index (χ0n) is 13.1. The van der Waals surface area contributed by atoms with Crippen molar-refractivity contribution in [3.63, 3.8) is 0 Å². The van der Waals surface area contributed by atoms with E-state index in [-0.39, 0.29) is 30.3 Å². The topological polar surface area (TPSA) is 75.8 Å². The number of hydrogen-bond acceptors (Lipinski definition) is 5. The van der Waals surface area contributed by atoms with Crippen molar-refractivity contribution in [2.45, 2.75) is 33.0 Å². The van der Waals surface area contributed by atoms with Crippen molar-refractivity contribution < 1.29 is 19.0 Å². The Balaban J connectivity index is 0.00000441. The molecule has 2 atom stereocenters. The van der Waals surface area contributed by atoms with E-state index in [1.807, 2.05) is 18.7 Å². The summed E-state index contributed by atoms with van der Waals surface area (Å²) in [5.41, 5.74) is 6.72. The third kappa shape index (κ3) is 4.74. The predicted molar refractivity (Wildman–Crippen MR) is 87.4 cm³/mol. The van der Waals surface area contributed by atoms with E-state index in [2.05, 4.69) is 4.74 Å². The molecule has 126 valence electrons. The summed E-state index contributed by atoms with van der Waals surface area (Å²) in [5, 5.41) is 10.0. The number of nitrogens with two attached hydrogens (primary N) is 1. The normalized spacial score (nSPS) is 13.0. The number of phenolic OH excluding ortho intramolecular Hbond substituents is 1. The lowest BCUT2D eigenvalue weighted by Gasteiger charge is -2.23. The summed E-state index contributed by atoms with van der Waals surface area (Å²) in [6, 6.07) is 3.56. The Bertz CT molecular complexity index is 484. The average molecular weight is 335 g/mol. The van der Waals surface area contributed by atoms with Gasteiger partial charge in [-0.05, 0) is 26.8 Å². The second kappa shape index (κ2) is 9.48. The fourth-order valence-electron chi connectivity index (χ4n) is 2.13. The third-order valence-electron chi connectivity index (χ3n) is 3.33. The van der Waals surface area contributed by atoms with Gasteiger partial charge in [-0.15, -0.1) is 12.4 Å². The van der Waals surface area contributed by atoms with Crippen LogP contribution in [0.15, 0.2) is 18.2 Å². The van der Waals surface area contributed by atoms with Crippen molar-refractivity contribution >= 4 is 24.1 Å². The summed E-state index contributed by atoms with van der Waals surface area (Å²) >= 11 is 0. The first-order valence-corrected chi connectivity index (χ1v) is 7.10. The molecule has 5 nitrogen and oxygen atoms in total. The molecule has 0 radical (unpaired) electrons. The molecule has 1 unspecified atom stereocenters. The van der Waals surface area contributed by atoms with Crippen LogP contribution in [0.25, 0.3) is 0 Å². The van der Waals surface area contributed by atoms with Crippen LogP contribution in [-0.2, 0) is 9.53 Å². The number of carbonyl (C=O) groups is 1. The lowest BCUT2D eigenvalue weighted by Crippen LogP contribution is -2.31. The molecule has 0 saturated heterocycles. The zero-order chi connectivity index (χ0) is 16.0. The van der Waals surface area contributed by atoms with E-state index in [0.29, 0.717) is 0 Å². The fourth-order valence-corrected chi connectivity index (χ4v) is 2.13. The Kier molecular flexibility index (Phi) is 8.82. The summed E-state index contributed by atoms with van der Waals surface area (Å²) in [4.78, 5) is 13.4. The molecule has 1 rings (SSSR count). The Morgan fingerprint density at radius 2 is 1.95 bits per heavy atom. The molecule has 0 aromatic heterocycles. The molecule has 7 heteroatoms. The second-order valence-corrected chi connectivity index (χ2v) is 4.60. The maximum absolute atomic E-state index is 13.9. The maximum Gasteiger partial charge on any atom is 0.342 e. The van der Waals surface area contributed by atoms with Crippen LogP contribution in [0.2, 0.25) is 0 Å². The number of benzene rings is 1. The number of phenols is 1. The number of carbonyl (C=O) groups excluding carboxylic acids is 1. The molecule has 0 spiro atoms. The van der Waals surface area contributed by atoms with Gasteiger partial charge in [0.1, 0.15) is 5.75 Å². The van der Waals surface area contributed by atoms with Crippen molar-refractivity contribution in [3.8, 4) is 5.75 Å². The zero-order valence-corrected chi connectivity index (χ0v) is 13.9. The highest BCUT2D eigenvalue weighted by atomic mass is 35.5. The van der Waals surface area contributed by atoms with Crippen LogP contribution < -0.4 is 10.6 Å². The highest BCUT2D eigenvalue weighted by Gasteiger charge is 2.29. The lowest BCUT2D eigenvalue weighted by molar-refractivity contribution is -0.149. The molecule has 0 saturated carbocycles. The summed E-state index contributed by atoms with van der Waals surface area (Å²) in [7, 11) is 0. The van der Waals surface area contributed by atoms with Crippen LogP contribution in [0.3, 0.4) is 0 Å². The fraction of sp³-hybridized carbons (Fsp3) is 0.533. The van der Waals surface area contributed by atoms with Gasteiger partial charge in [0.2, 0.25) is 6.17 Å². The lowest BCUT2D eigenvalue weighted by atomic mass is 10.0. The monoisotopic (exact) mass is 334 g/mol.